The molecule has 9 heteroatoms. The molecular formula is C27H25N5O4. The molecule has 0 fully saturated rings. The number of carbonyl (C=O) groups excluding carboxylic acids is 2. The third-order valence-corrected chi connectivity index (χ3v) is 5.90. The fraction of sp³-hybridized carbons (Fsp3) is 0.185. The summed E-state index contributed by atoms with van der Waals surface area (Å²) < 4.78 is 12.8. The van der Waals surface area contributed by atoms with Gasteiger partial charge >= 0.3 is 0 Å². The van der Waals surface area contributed by atoms with E-state index in [1.165, 1.54) is 9.58 Å². The molecule has 0 saturated heterocycles. The molecule has 0 spiro atoms. The van der Waals surface area contributed by atoms with Crippen molar-refractivity contribution in [3.63, 3.8) is 0 Å². The summed E-state index contributed by atoms with van der Waals surface area (Å²) in [5, 5.41) is 11.2. The summed E-state index contributed by atoms with van der Waals surface area (Å²) in [7, 11) is 0. The number of carbonyl (C=O) groups is 2. The number of rotatable bonds is 8. The number of fused-ring (bicyclic) bond motifs is 1. The average Bonchev–Trinajstić information content (AvgIpc) is 3.64. The molecule has 0 aliphatic carbocycles. The summed E-state index contributed by atoms with van der Waals surface area (Å²) in [5.41, 5.74) is 2.84. The molecule has 0 unspecified atom stereocenters. The van der Waals surface area contributed by atoms with Gasteiger partial charge < -0.3 is 14.2 Å². The van der Waals surface area contributed by atoms with E-state index in [9.17, 15) is 9.59 Å². The number of anilines is 1. The number of nitrogens with one attached hydrogen (secondary N) is 1. The van der Waals surface area contributed by atoms with Crippen molar-refractivity contribution in [1.29, 1.82) is 0 Å². The molecule has 3 heterocycles. The summed E-state index contributed by atoms with van der Waals surface area (Å²) in [6.07, 6.45) is 1.54. The highest BCUT2D eigenvalue weighted by Gasteiger charge is 2.36. The van der Waals surface area contributed by atoms with Crippen LogP contribution in [0.25, 0.3) is 11.0 Å². The molecule has 182 valence electrons. The summed E-state index contributed by atoms with van der Waals surface area (Å²) in [5.74, 6) is 0.839. The first-order chi connectivity index (χ1) is 17.5. The largest absolute Gasteiger partial charge is 0.467 e. The van der Waals surface area contributed by atoms with E-state index in [-0.39, 0.29) is 19.0 Å². The third kappa shape index (κ3) is 4.63. The minimum atomic E-state index is -1.06. The van der Waals surface area contributed by atoms with E-state index in [4.69, 9.17) is 8.83 Å². The summed E-state index contributed by atoms with van der Waals surface area (Å²) in [4.78, 5) is 29.1. The van der Waals surface area contributed by atoms with Crippen LogP contribution in [0.2, 0.25) is 0 Å². The van der Waals surface area contributed by atoms with Crippen molar-refractivity contribution in [3.05, 3.63) is 102 Å². The van der Waals surface area contributed by atoms with E-state index >= 15 is 0 Å². The van der Waals surface area contributed by atoms with E-state index in [0.717, 1.165) is 11.1 Å². The highest BCUT2D eigenvalue weighted by molar-refractivity contribution is 6.01. The highest BCUT2D eigenvalue weighted by atomic mass is 16.3. The quantitative estimate of drug-likeness (QED) is 0.352. The minimum absolute atomic E-state index is 0.115. The molecule has 5 rings (SSSR count). The zero-order valence-electron chi connectivity index (χ0n) is 19.9. The van der Waals surface area contributed by atoms with E-state index < -0.39 is 11.9 Å². The van der Waals surface area contributed by atoms with Crippen molar-refractivity contribution in [3.8, 4) is 0 Å². The molecular weight excluding hydrogens is 458 g/mol. The van der Waals surface area contributed by atoms with Crippen molar-refractivity contribution in [2.45, 2.75) is 33.0 Å². The summed E-state index contributed by atoms with van der Waals surface area (Å²) >= 11 is 0. The Morgan fingerprint density at radius 2 is 1.81 bits per heavy atom. The van der Waals surface area contributed by atoms with Gasteiger partial charge in [-0.1, -0.05) is 35.5 Å². The molecule has 0 radical (unpaired) electrons. The maximum Gasteiger partial charge on any atom is 0.251 e. The maximum atomic E-state index is 14.0. The monoisotopic (exact) mass is 483 g/mol. The second kappa shape index (κ2) is 9.91. The average molecular weight is 484 g/mol. The lowest BCUT2D eigenvalue weighted by atomic mass is 10.1. The predicted octanol–water partition coefficient (Wildman–Crippen LogP) is 4.33. The number of hydrogen-bond donors (Lipinski definition) is 1. The van der Waals surface area contributed by atoms with Crippen LogP contribution in [0.3, 0.4) is 0 Å². The Balaban J connectivity index is 1.55. The zero-order valence-corrected chi connectivity index (χ0v) is 19.9. The van der Waals surface area contributed by atoms with Crippen molar-refractivity contribution in [1.82, 2.24) is 20.3 Å². The summed E-state index contributed by atoms with van der Waals surface area (Å²) in [6.45, 7) is 3.75. The first-order valence-corrected chi connectivity index (χ1v) is 11.5. The Labute approximate surface area is 207 Å². The van der Waals surface area contributed by atoms with Gasteiger partial charge in [-0.05, 0) is 61.9 Å². The van der Waals surface area contributed by atoms with E-state index in [1.54, 1.807) is 37.5 Å². The standard InChI is InChI=1S/C27H25N5O4/c1-18-8-3-5-11-22(18)32(25(33)17-31-23-12-6-4-10-21(23)29-30-31)26(24-14-13-19(2)36-24)27(34)28-16-20-9-7-15-35-20/h3-15,26H,16-17H2,1-2H3,(H,28,34)/t26-/m1/s1. The fourth-order valence-electron chi connectivity index (χ4n) is 4.15. The van der Waals surface area contributed by atoms with Gasteiger partial charge in [0.2, 0.25) is 5.91 Å². The van der Waals surface area contributed by atoms with Gasteiger partial charge in [0.25, 0.3) is 5.91 Å². The molecule has 0 aliphatic heterocycles. The van der Waals surface area contributed by atoms with Crippen molar-refractivity contribution in [2.75, 3.05) is 4.90 Å². The predicted molar refractivity (Wildman–Crippen MR) is 133 cm³/mol. The highest BCUT2D eigenvalue weighted by Crippen LogP contribution is 2.32. The molecule has 0 bridgehead atoms. The van der Waals surface area contributed by atoms with Crippen LogP contribution in [0.4, 0.5) is 5.69 Å². The van der Waals surface area contributed by atoms with E-state index in [1.807, 2.05) is 55.5 Å². The van der Waals surface area contributed by atoms with Crippen LogP contribution in [-0.2, 0) is 22.7 Å². The topological polar surface area (TPSA) is 106 Å². The number of aryl methyl sites for hydroxylation is 2. The number of para-hydroxylation sites is 2. The lowest BCUT2D eigenvalue weighted by molar-refractivity contribution is -0.127. The Hall–Kier alpha value is -4.66. The van der Waals surface area contributed by atoms with E-state index in [2.05, 4.69) is 15.6 Å². The van der Waals surface area contributed by atoms with Crippen LogP contribution in [0.15, 0.2) is 87.9 Å². The SMILES string of the molecule is Cc1ccc([C@H](C(=O)NCc2ccco2)N(C(=O)Cn2nnc3ccccc32)c2ccccc2C)o1. The molecule has 2 amide bonds. The second-order valence-electron chi connectivity index (χ2n) is 8.43. The number of benzene rings is 2. The van der Waals surface area contributed by atoms with Crippen molar-refractivity contribution >= 4 is 28.5 Å². The Morgan fingerprint density at radius 1 is 1.00 bits per heavy atom. The van der Waals surface area contributed by atoms with Gasteiger partial charge in [-0.25, -0.2) is 4.68 Å². The van der Waals surface area contributed by atoms with Crippen LogP contribution in [0.5, 0.6) is 0 Å². The molecule has 5 aromatic rings. The van der Waals surface area contributed by atoms with Crippen LogP contribution >= 0.6 is 0 Å². The van der Waals surface area contributed by atoms with Gasteiger partial charge in [0.05, 0.1) is 18.3 Å². The third-order valence-electron chi connectivity index (χ3n) is 5.90. The lowest BCUT2D eigenvalue weighted by Gasteiger charge is -2.31. The lowest BCUT2D eigenvalue weighted by Crippen LogP contribution is -2.45. The number of amides is 2. The molecule has 1 N–H and O–H groups in total. The number of hydrogen-bond acceptors (Lipinski definition) is 6. The Morgan fingerprint density at radius 3 is 2.56 bits per heavy atom. The molecule has 9 nitrogen and oxygen atoms in total. The fourth-order valence-corrected chi connectivity index (χ4v) is 4.15. The van der Waals surface area contributed by atoms with Crippen LogP contribution < -0.4 is 10.2 Å². The van der Waals surface area contributed by atoms with Gasteiger partial charge in [0.1, 0.15) is 29.3 Å². The minimum Gasteiger partial charge on any atom is -0.467 e. The van der Waals surface area contributed by atoms with Crippen molar-refractivity contribution < 1.29 is 18.4 Å². The second-order valence-corrected chi connectivity index (χ2v) is 8.43. The normalized spacial score (nSPS) is 11.9. The first kappa shape index (κ1) is 23.1. The number of furan rings is 2. The molecule has 1 atom stereocenters. The Kier molecular flexibility index (Phi) is 6.36. The zero-order chi connectivity index (χ0) is 25.1. The molecule has 3 aromatic heterocycles. The molecule has 0 saturated carbocycles. The van der Waals surface area contributed by atoms with Gasteiger partial charge in [-0.3, -0.25) is 14.5 Å². The molecule has 0 aliphatic rings. The van der Waals surface area contributed by atoms with E-state index in [0.29, 0.717) is 28.5 Å². The van der Waals surface area contributed by atoms with Gasteiger partial charge in [0, 0.05) is 5.69 Å². The van der Waals surface area contributed by atoms with Gasteiger partial charge in [-0.15, -0.1) is 5.10 Å². The van der Waals surface area contributed by atoms with Crippen LogP contribution in [0.1, 0.15) is 28.9 Å². The number of aromatic nitrogens is 3. The molecule has 2 aromatic carbocycles. The van der Waals surface area contributed by atoms with Crippen molar-refractivity contribution in [2.24, 2.45) is 0 Å². The maximum absolute atomic E-state index is 14.0. The van der Waals surface area contributed by atoms with Gasteiger partial charge in [0.15, 0.2) is 6.04 Å². The van der Waals surface area contributed by atoms with Crippen LogP contribution in [0, 0.1) is 13.8 Å². The number of nitrogens with zero attached hydrogens (tertiary/aromatic N) is 4. The van der Waals surface area contributed by atoms with Gasteiger partial charge in [-0.2, -0.15) is 0 Å². The van der Waals surface area contributed by atoms with Crippen LogP contribution in [-0.4, -0.2) is 26.8 Å². The first-order valence-electron chi connectivity index (χ1n) is 11.5. The molecule has 36 heavy (non-hydrogen) atoms. The summed E-state index contributed by atoms with van der Waals surface area (Å²) in [6, 6.07) is 20.8. The smallest absolute Gasteiger partial charge is 0.251 e. The Bertz CT molecular complexity index is 1500.